The lowest BCUT2D eigenvalue weighted by molar-refractivity contribution is -0.139. The van der Waals surface area contributed by atoms with E-state index in [1.165, 1.54) is 0 Å². The molecule has 1 N–H and O–H groups in total. The molecule has 1 aliphatic carbocycles. The molecule has 4 fully saturated rings. The molecule has 8 heteroatoms. The average Bonchev–Trinajstić information content (AvgIpc) is 3.62. The molecule has 4 aliphatic rings. The summed E-state index contributed by atoms with van der Waals surface area (Å²) >= 11 is 0. The van der Waals surface area contributed by atoms with Crippen molar-refractivity contribution in [1.29, 1.82) is 0 Å². The Hall–Kier alpha value is -2.45. The van der Waals surface area contributed by atoms with Crippen LogP contribution in [0.5, 0.6) is 0 Å². The molecule has 0 unspecified atom stereocenters. The predicted molar refractivity (Wildman–Crippen MR) is 133 cm³/mol. The molecule has 3 heterocycles. The van der Waals surface area contributed by atoms with E-state index in [1.54, 1.807) is 4.90 Å². The Balaban J connectivity index is 1.30. The predicted octanol–water partition coefficient (Wildman–Crippen LogP) is 1.93. The van der Waals surface area contributed by atoms with Crippen molar-refractivity contribution in [3.63, 3.8) is 0 Å². The van der Waals surface area contributed by atoms with Crippen LogP contribution in [-0.4, -0.2) is 92.0 Å². The summed E-state index contributed by atoms with van der Waals surface area (Å²) in [5.41, 5.74) is 1.68. The maximum absolute atomic E-state index is 13.8. The van der Waals surface area contributed by atoms with Gasteiger partial charge in [-0.2, -0.15) is 0 Å². The van der Waals surface area contributed by atoms with Gasteiger partial charge >= 0.3 is 0 Å². The SMILES string of the molecule is CC[C@@H]1CN(C(=O)[C@@H](NC(=O)c2ccc(N3CCN(C)CC3)cc2)C2CCCC2)[C@@H]2C(=O)CO[C@H]12. The third-order valence-corrected chi connectivity index (χ3v) is 8.52. The number of fused-ring (bicyclic) bond motifs is 1. The fourth-order valence-electron chi connectivity index (χ4n) is 6.31. The molecule has 3 saturated heterocycles. The normalized spacial score (nSPS) is 28.4. The number of benzene rings is 1. The van der Waals surface area contributed by atoms with Crippen molar-refractivity contribution < 1.29 is 19.1 Å². The molecule has 3 aliphatic heterocycles. The van der Waals surface area contributed by atoms with Crippen LogP contribution >= 0.6 is 0 Å². The Morgan fingerprint density at radius 1 is 1.09 bits per heavy atom. The van der Waals surface area contributed by atoms with E-state index in [-0.39, 0.29) is 42.1 Å². The van der Waals surface area contributed by atoms with E-state index in [2.05, 4.69) is 29.1 Å². The number of hydrogen-bond donors (Lipinski definition) is 1. The maximum atomic E-state index is 13.8. The fourth-order valence-corrected chi connectivity index (χ4v) is 6.31. The summed E-state index contributed by atoms with van der Waals surface area (Å²) in [4.78, 5) is 46.1. The number of Topliss-reactive ketones (excluding diaryl/α,β-unsaturated/α-hetero) is 1. The molecule has 4 atom stereocenters. The average molecular weight is 483 g/mol. The molecule has 1 aromatic carbocycles. The quantitative estimate of drug-likeness (QED) is 0.667. The first kappa shape index (κ1) is 24.3. The molecule has 0 spiro atoms. The van der Waals surface area contributed by atoms with Gasteiger partial charge in [-0.3, -0.25) is 14.4 Å². The van der Waals surface area contributed by atoms with E-state index in [1.807, 2.05) is 24.3 Å². The van der Waals surface area contributed by atoms with Gasteiger partial charge in [0.15, 0.2) is 5.78 Å². The molecular weight excluding hydrogens is 444 g/mol. The van der Waals surface area contributed by atoms with Crippen LogP contribution in [0.3, 0.4) is 0 Å². The zero-order valence-corrected chi connectivity index (χ0v) is 20.9. The smallest absolute Gasteiger partial charge is 0.251 e. The van der Waals surface area contributed by atoms with E-state index in [0.717, 1.165) is 64.0 Å². The zero-order chi connectivity index (χ0) is 24.5. The standard InChI is InChI=1S/C27H38N4O4/c1-3-18-16-31(24-22(32)17-35-25(18)24)27(34)23(19-6-4-5-7-19)28-26(33)20-8-10-21(11-9-20)30-14-12-29(2)13-15-30/h8-11,18-19,23-25H,3-7,12-17H2,1-2H3,(H,28,33)/t18-,23+,24-,25-/m1/s1. The van der Waals surface area contributed by atoms with E-state index in [4.69, 9.17) is 4.74 Å². The first-order valence-corrected chi connectivity index (χ1v) is 13.3. The van der Waals surface area contributed by atoms with Gasteiger partial charge in [0.1, 0.15) is 18.7 Å². The van der Waals surface area contributed by atoms with Gasteiger partial charge in [0.2, 0.25) is 5.91 Å². The fraction of sp³-hybridized carbons (Fsp3) is 0.667. The largest absolute Gasteiger partial charge is 0.369 e. The minimum absolute atomic E-state index is 0.0182. The molecule has 5 rings (SSSR count). The molecule has 190 valence electrons. The summed E-state index contributed by atoms with van der Waals surface area (Å²) in [6.07, 6.45) is 4.62. The minimum Gasteiger partial charge on any atom is -0.369 e. The third kappa shape index (κ3) is 4.83. The molecule has 1 saturated carbocycles. The summed E-state index contributed by atoms with van der Waals surface area (Å²) in [5.74, 6) is -0.0959. The first-order chi connectivity index (χ1) is 17.0. The van der Waals surface area contributed by atoms with Crippen LogP contribution in [0, 0.1) is 11.8 Å². The highest BCUT2D eigenvalue weighted by Crippen LogP contribution is 2.36. The molecule has 0 radical (unpaired) electrons. The third-order valence-electron chi connectivity index (χ3n) is 8.52. The highest BCUT2D eigenvalue weighted by molar-refractivity contribution is 5.99. The number of rotatable bonds is 6. The molecule has 0 bridgehead atoms. The summed E-state index contributed by atoms with van der Waals surface area (Å²) in [6.45, 7) is 6.67. The Labute approximate surface area is 207 Å². The van der Waals surface area contributed by atoms with Crippen LogP contribution in [-0.2, 0) is 14.3 Å². The highest BCUT2D eigenvalue weighted by atomic mass is 16.5. The second-order valence-electron chi connectivity index (χ2n) is 10.7. The number of carbonyl (C=O) groups excluding carboxylic acids is 3. The molecule has 1 aromatic rings. The van der Waals surface area contributed by atoms with Crippen LogP contribution in [0.25, 0.3) is 0 Å². The van der Waals surface area contributed by atoms with Crippen molar-refractivity contribution in [1.82, 2.24) is 15.1 Å². The van der Waals surface area contributed by atoms with Gasteiger partial charge in [-0.1, -0.05) is 19.8 Å². The lowest BCUT2D eigenvalue weighted by Crippen LogP contribution is -2.54. The lowest BCUT2D eigenvalue weighted by atomic mass is 9.95. The van der Waals surface area contributed by atoms with Gasteiger partial charge in [-0.05, 0) is 56.5 Å². The zero-order valence-electron chi connectivity index (χ0n) is 20.9. The molecule has 0 aromatic heterocycles. The van der Waals surface area contributed by atoms with Gasteiger partial charge in [-0.15, -0.1) is 0 Å². The van der Waals surface area contributed by atoms with E-state index in [0.29, 0.717) is 12.1 Å². The number of likely N-dealkylation sites (tertiary alicyclic amines) is 1. The van der Waals surface area contributed by atoms with E-state index >= 15 is 0 Å². The Bertz CT molecular complexity index is 937. The number of ketones is 1. The number of piperazine rings is 1. The topological polar surface area (TPSA) is 82.2 Å². The van der Waals surface area contributed by atoms with Gasteiger partial charge in [-0.25, -0.2) is 0 Å². The van der Waals surface area contributed by atoms with Crippen molar-refractivity contribution in [3.8, 4) is 0 Å². The van der Waals surface area contributed by atoms with Crippen molar-refractivity contribution >= 4 is 23.3 Å². The van der Waals surface area contributed by atoms with Crippen LogP contribution in [0.1, 0.15) is 49.4 Å². The van der Waals surface area contributed by atoms with Crippen molar-refractivity contribution in [3.05, 3.63) is 29.8 Å². The van der Waals surface area contributed by atoms with Crippen LogP contribution in [0.4, 0.5) is 5.69 Å². The minimum atomic E-state index is -0.605. The second-order valence-corrected chi connectivity index (χ2v) is 10.7. The lowest BCUT2D eigenvalue weighted by Gasteiger charge is -2.34. The van der Waals surface area contributed by atoms with Crippen molar-refractivity contribution in [2.75, 3.05) is 51.3 Å². The van der Waals surface area contributed by atoms with E-state index < -0.39 is 12.1 Å². The Morgan fingerprint density at radius 2 is 1.77 bits per heavy atom. The maximum Gasteiger partial charge on any atom is 0.251 e. The number of carbonyl (C=O) groups is 3. The molecule has 35 heavy (non-hydrogen) atoms. The van der Waals surface area contributed by atoms with Gasteiger partial charge < -0.3 is 24.8 Å². The number of ether oxygens (including phenoxy) is 1. The Morgan fingerprint density at radius 3 is 2.43 bits per heavy atom. The van der Waals surface area contributed by atoms with E-state index in [9.17, 15) is 14.4 Å². The van der Waals surface area contributed by atoms with Crippen molar-refractivity contribution in [2.24, 2.45) is 11.8 Å². The Kier molecular flexibility index (Phi) is 7.12. The summed E-state index contributed by atoms with van der Waals surface area (Å²) < 4.78 is 5.76. The van der Waals surface area contributed by atoms with Crippen LogP contribution in [0.15, 0.2) is 24.3 Å². The summed E-state index contributed by atoms with van der Waals surface area (Å²) in [5, 5.41) is 3.08. The van der Waals surface area contributed by atoms with Crippen LogP contribution < -0.4 is 10.2 Å². The first-order valence-electron chi connectivity index (χ1n) is 13.3. The number of amides is 2. The summed E-state index contributed by atoms with van der Waals surface area (Å²) in [7, 11) is 2.13. The van der Waals surface area contributed by atoms with Crippen molar-refractivity contribution in [2.45, 2.75) is 57.2 Å². The number of anilines is 1. The highest BCUT2D eigenvalue weighted by Gasteiger charge is 2.53. The number of nitrogens with zero attached hydrogens (tertiary/aromatic N) is 3. The second kappa shape index (κ2) is 10.3. The number of nitrogens with one attached hydrogen (secondary N) is 1. The molecular formula is C27H38N4O4. The monoisotopic (exact) mass is 482 g/mol. The van der Waals surface area contributed by atoms with Gasteiger partial charge in [0.25, 0.3) is 5.91 Å². The van der Waals surface area contributed by atoms with Gasteiger partial charge in [0, 0.05) is 49.9 Å². The summed E-state index contributed by atoms with van der Waals surface area (Å²) in [6, 6.07) is 6.60. The number of likely N-dealkylation sites (N-methyl/N-ethyl adjacent to an activating group) is 1. The van der Waals surface area contributed by atoms with Crippen LogP contribution in [0.2, 0.25) is 0 Å². The molecule has 8 nitrogen and oxygen atoms in total. The number of hydrogen-bond acceptors (Lipinski definition) is 6. The van der Waals surface area contributed by atoms with Gasteiger partial charge in [0.05, 0.1) is 6.10 Å². The molecule has 2 amide bonds.